The maximum Gasteiger partial charge on any atom is 0.451 e. The van der Waals surface area contributed by atoms with E-state index in [0.29, 0.717) is 12.8 Å². The van der Waals surface area contributed by atoms with Gasteiger partial charge in [0.25, 0.3) is 10.9 Å². The predicted molar refractivity (Wildman–Crippen MR) is 102 cm³/mol. The van der Waals surface area contributed by atoms with Crippen LogP contribution in [0.2, 0.25) is 6.32 Å². The van der Waals surface area contributed by atoms with Crippen molar-refractivity contribution in [2.45, 2.75) is 56.4 Å². The van der Waals surface area contributed by atoms with Crippen LogP contribution < -0.4 is 26.8 Å². The molecular formula is C17H26BN3O6. The first-order valence-electron chi connectivity index (χ1n) is 9.32. The highest BCUT2D eigenvalue weighted by molar-refractivity contribution is 6.40. The Kier molecular flexibility index (Phi) is 5.09. The molecule has 1 aromatic carbocycles. The van der Waals surface area contributed by atoms with Gasteiger partial charge in [-0.05, 0) is 38.9 Å². The molecule has 1 saturated heterocycles. The third-order valence-corrected chi connectivity index (χ3v) is 6.12. The summed E-state index contributed by atoms with van der Waals surface area (Å²) in [5.41, 5.74) is 3.71. The van der Waals surface area contributed by atoms with Crippen molar-refractivity contribution >= 4 is 24.5 Å². The molecule has 1 aliphatic carbocycles. The zero-order valence-electron chi connectivity index (χ0n) is 15.4. The molecule has 9 nitrogen and oxygen atoms in total. The van der Waals surface area contributed by atoms with Gasteiger partial charge >= 0.3 is 13.1 Å². The van der Waals surface area contributed by atoms with Gasteiger partial charge in [-0.2, -0.15) is 0 Å². The van der Waals surface area contributed by atoms with Crippen molar-refractivity contribution in [2.75, 3.05) is 23.3 Å². The van der Waals surface area contributed by atoms with Crippen LogP contribution in [0, 0.1) is 5.92 Å². The van der Waals surface area contributed by atoms with Crippen molar-refractivity contribution in [3.8, 4) is 0 Å². The number of anilines is 2. The van der Waals surface area contributed by atoms with Gasteiger partial charge in [0, 0.05) is 24.5 Å². The van der Waals surface area contributed by atoms with E-state index < -0.39 is 35.4 Å². The van der Waals surface area contributed by atoms with Gasteiger partial charge in [0.1, 0.15) is 16.9 Å². The van der Waals surface area contributed by atoms with Gasteiger partial charge in [0.15, 0.2) is 0 Å². The Hall–Kier alpha value is -1.91. The summed E-state index contributed by atoms with van der Waals surface area (Å²) in [6, 6.07) is 0. The zero-order valence-corrected chi connectivity index (χ0v) is 15.4. The molecule has 1 aromatic rings. The Morgan fingerprint density at radius 2 is 2.00 bits per heavy atom. The monoisotopic (exact) mass is 379 g/mol. The average Bonchev–Trinajstić information content (AvgIpc) is 2.89. The summed E-state index contributed by atoms with van der Waals surface area (Å²) in [6.45, 7) is 2.17. The van der Waals surface area contributed by atoms with E-state index in [9.17, 15) is 19.5 Å². The molecule has 1 saturated carbocycles. The van der Waals surface area contributed by atoms with Crippen LogP contribution in [0.5, 0.6) is 0 Å². The number of rotatable bonds is 8. The average molecular weight is 379 g/mol. The van der Waals surface area contributed by atoms with Crippen LogP contribution in [0.3, 0.4) is 0 Å². The largest absolute Gasteiger partial charge is 0.480 e. The summed E-state index contributed by atoms with van der Waals surface area (Å²) in [6.07, 6.45) is 3.78. The zero-order chi connectivity index (χ0) is 20.0. The molecule has 2 fully saturated rings. The van der Waals surface area contributed by atoms with E-state index in [1.807, 2.05) is 6.92 Å². The van der Waals surface area contributed by atoms with Gasteiger partial charge in [-0.3, -0.25) is 14.4 Å². The van der Waals surface area contributed by atoms with Crippen LogP contribution in [0.25, 0.3) is 0 Å². The summed E-state index contributed by atoms with van der Waals surface area (Å²) in [5, 5.41) is 30.8. The lowest BCUT2D eigenvalue weighted by molar-refractivity contribution is -0.144. The van der Waals surface area contributed by atoms with E-state index in [-0.39, 0.29) is 36.3 Å². The molecule has 3 rings (SSSR count). The summed E-state index contributed by atoms with van der Waals surface area (Å²) in [4.78, 5) is 37.7. The Balaban J connectivity index is 1.80. The van der Waals surface area contributed by atoms with Crippen molar-refractivity contribution in [2.24, 2.45) is 11.7 Å². The molecule has 27 heavy (non-hydrogen) atoms. The Morgan fingerprint density at radius 3 is 2.52 bits per heavy atom. The second-order valence-electron chi connectivity index (χ2n) is 8.26. The van der Waals surface area contributed by atoms with Gasteiger partial charge < -0.3 is 31.1 Å². The van der Waals surface area contributed by atoms with Crippen molar-refractivity contribution in [1.82, 2.24) is 0 Å². The van der Waals surface area contributed by atoms with E-state index in [0.717, 1.165) is 19.3 Å². The number of nitrogens with zero attached hydrogens (tertiary/aromatic N) is 1. The molecule has 0 spiro atoms. The number of hydrogen-bond donors (Lipinski definition) is 5. The Labute approximate surface area is 157 Å². The highest BCUT2D eigenvalue weighted by Crippen LogP contribution is 2.39. The first-order chi connectivity index (χ1) is 12.6. The number of nitrogens with two attached hydrogens (primary N) is 1. The van der Waals surface area contributed by atoms with E-state index >= 15 is 0 Å². The third-order valence-electron chi connectivity index (χ3n) is 6.12. The minimum absolute atomic E-state index is 0.0646. The summed E-state index contributed by atoms with van der Waals surface area (Å²) >= 11 is 0. The molecule has 148 valence electrons. The number of nitrogens with one attached hydrogen (secondary N) is 1. The first kappa shape index (κ1) is 19.8. The van der Waals surface area contributed by atoms with Crippen LogP contribution in [-0.4, -0.2) is 52.4 Å². The molecule has 2 atom stereocenters. The molecule has 10 heteroatoms. The van der Waals surface area contributed by atoms with E-state index in [2.05, 4.69) is 5.32 Å². The van der Waals surface area contributed by atoms with Crippen LogP contribution >= 0.6 is 0 Å². The highest BCUT2D eigenvalue weighted by atomic mass is 16.4. The molecule has 0 radical (unpaired) electrons. The Morgan fingerprint density at radius 1 is 1.33 bits per heavy atom. The lowest BCUT2D eigenvalue weighted by Crippen LogP contribution is -2.55. The molecule has 6 N–H and O–H groups in total. The molecule has 0 aromatic heterocycles. The smallest absolute Gasteiger partial charge is 0.451 e. The number of aliphatic carboxylic acids is 1. The van der Waals surface area contributed by atoms with Crippen molar-refractivity contribution in [3.05, 3.63) is 20.4 Å². The Bertz CT molecular complexity index is 801. The van der Waals surface area contributed by atoms with E-state index in [1.165, 1.54) is 0 Å². The van der Waals surface area contributed by atoms with Crippen LogP contribution in [0.15, 0.2) is 9.59 Å². The van der Waals surface area contributed by atoms with Gasteiger partial charge in [0.05, 0.1) is 0 Å². The highest BCUT2D eigenvalue weighted by Gasteiger charge is 2.51. The van der Waals surface area contributed by atoms with Crippen LogP contribution in [0.1, 0.15) is 39.0 Å². The maximum atomic E-state index is 12.2. The SMILES string of the molecule is CC1(Nc2c(N3C[C@H](CCCB(O)O)[C@](N)(C(=O)O)C3)c(=O)c2=O)CCC1. The minimum atomic E-state index is -1.56. The molecule has 0 amide bonds. The molecular weight excluding hydrogens is 353 g/mol. The molecule has 0 bridgehead atoms. The topological polar surface area (TPSA) is 153 Å². The van der Waals surface area contributed by atoms with Gasteiger partial charge in [-0.25, -0.2) is 0 Å². The van der Waals surface area contributed by atoms with Crippen molar-refractivity contribution in [3.63, 3.8) is 0 Å². The number of carboxylic acids is 1. The fraction of sp³-hybridized carbons (Fsp3) is 0.706. The van der Waals surface area contributed by atoms with Crippen molar-refractivity contribution in [1.29, 1.82) is 0 Å². The minimum Gasteiger partial charge on any atom is -0.480 e. The lowest BCUT2D eigenvalue weighted by atomic mass is 9.78. The summed E-state index contributed by atoms with van der Waals surface area (Å²) < 4.78 is 0. The number of carbonyl (C=O) groups is 1. The fourth-order valence-corrected chi connectivity index (χ4v) is 4.18. The molecule has 1 aliphatic heterocycles. The second-order valence-corrected chi connectivity index (χ2v) is 8.26. The molecule has 0 unspecified atom stereocenters. The van der Waals surface area contributed by atoms with Crippen LogP contribution in [-0.2, 0) is 4.79 Å². The number of hydrogen-bond acceptors (Lipinski definition) is 8. The first-order valence-corrected chi connectivity index (χ1v) is 9.32. The third kappa shape index (κ3) is 3.49. The van der Waals surface area contributed by atoms with Crippen LogP contribution in [0.4, 0.5) is 11.4 Å². The van der Waals surface area contributed by atoms with Gasteiger partial charge in [0.2, 0.25) is 0 Å². The molecule has 2 aliphatic rings. The normalized spacial score (nSPS) is 26.8. The predicted octanol–water partition coefficient (Wildman–Crippen LogP) is -0.892. The van der Waals surface area contributed by atoms with Gasteiger partial charge in [-0.15, -0.1) is 0 Å². The summed E-state index contributed by atoms with van der Waals surface area (Å²) in [5.74, 6) is -1.64. The fourth-order valence-electron chi connectivity index (χ4n) is 4.18. The quantitative estimate of drug-likeness (QED) is 0.286. The van der Waals surface area contributed by atoms with Gasteiger partial charge in [-0.1, -0.05) is 6.42 Å². The van der Waals surface area contributed by atoms with E-state index in [4.69, 9.17) is 15.8 Å². The second kappa shape index (κ2) is 6.92. The maximum absolute atomic E-state index is 12.2. The standard InChI is InChI=1S/C17H26BN3O6/c1-16(5-3-6-16)20-11-12(14(23)13(11)22)21-8-10(4-2-7-18(26)27)17(19,9-21)15(24)25/h10,20,26-27H,2-9,19H2,1H3,(H,24,25)/t10-,17-/m0/s1. The number of carboxylic acid groups (broad SMARTS) is 1. The molecule has 1 heterocycles. The van der Waals surface area contributed by atoms with Crippen molar-refractivity contribution < 1.29 is 19.9 Å². The summed E-state index contributed by atoms with van der Waals surface area (Å²) in [7, 11) is -1.45. The lowest BCUT2D eigenvalue weighted by Gasteiger charge is -2.41. The van der Waals surface area contributed by atoms with E-state index in [1.54, 1.807) is 4.90 Å².